The summed E-state index contributed by atoms with van der Waals surface area (Å²) in [6.07, 6.45) is 3.37. The normalized spacial score (nSPS) is 10.7. The molecule has 0 fully saturated rings. The Bertz CT molecular complexity index is 1170. The van der Waals surface area contributed by atoms with E-state index in [0.29, 0.717) is 17.8 Å². The van der Waals surface area contributed by atoms with Crippen molar-refractivity contribution in [2.45, 2.75) is 13.1 Å². The van der Waals surface area contributed by atoms with Crippen LogP contribution in [0.5, 0.6) is 0 Å². The highest BCUT2D eigenvalue weighted by Crippen LogP contribution is 2.24. The molecule has 4 aromatic rings. The van der Waals surface area contributed by atoms with Crippen molar-refractivity contribution in [2.24, 2.45) is 0 Å². The van der Waals surface area contributed by atoms with Crippen molar-refractivity contribution in [3.63, 3.8) is 0 Å². The Balaban J connectivity index is 1.66. The number of rotatable bonds is 5. The third-order valence-corrected chi connectivity index (χ3v) is 4.45. The molecule has 0 radical (unpaired) electrons. The minimum atomic E-state index is -0.450. The largest absolute Gasteiger partial charge is 0.350 e. The van der Waals surface area contributed by atoms with Gasteiger partial charge in [-0.15, -0.1) is 0 Å². The molecule has 138 valence electrons. The molecule has 0 saturated heterocycles. The van der Waals surface area contributed by atoms with Gasteiger partial charge in [-0.05, 0) is 17.7 Å². The quantitative estimate of drug-likeness (QED) is 0.586. The topological polar surface area (TPSA) is 76.9 Å². The molecule has 0 spiro atoms. The van der Waals surface area contributed by atoms with Gasteiger partial charge >= 0.3 is 5.69 Å². The van der Waals surface area contributed by atoms with Crippen LogP contribution in [0.15, 0.2) is 83.9 Å². The van der Waals surface area contributed by atoms with Gasteiger partial charge in [0.2, 0.25) is 5.91 Å². The molecular weight excluding hydrogens is 352 g/mol. The van der Waals surface area contributed by atoms with Crippen LogP contribution in [0.3, 0.4) is 0 Å². The fourth-order valence-corrected chi connectivity index (χ4v) is 3.10. The number of fused-ring (bicyclic) bond motifs is 1. The van der Waals surface area contributed by atoms with Crippen LogP contribution in [-0.2, 0) is 17.9 Å². The van der Waals surface area contributed by atoms with Gasteiger partial charge in [-0.3, -0.25) is 14.3 Å². The van der Waals surface area contributed by atoms with Crippen molar-refractivity contribution in [3.05, 3.63) is 95.2 Å². The molecule has 4 rings (SSSR count). The Hall–Kier alpha value is -3.80. The summed E-state index contributed by atoms with van der Waals surface area (Å²) in [6.45, 7) is 0.260. The number of nitrogens with zero attached hydrogens (tertiary/aromatic N) is 3. The van der Waals surface area contributed by atoms with E-state index in [-0.39, 0.29) is 12.5 Å². The van der Waals surface area contributed by atoms with Crippen LogP contribution in [-0.4, -0.2) is 20.4 Å². The van der Waals surface area contributed by atoms with Gasteiger partial charge in [0.1, 0.15) is 6.54 Å². The highest BCUT2D eigenvalue weighted by Gasteiger charge is 2.14. The van der Waals surface area contributed by atoms with Gasteiger partial charge in [-0.25, -0.2) is 4.79 Å². The number of nitrogens with one attached hydrogen (secondary N) is 1. The molecule has 2 heterocycles. The Morgan fingerprint density at radius 2 is 1.75 bits per heavy atom. The van der Waals surface area contributed by atoms with E-state index in [1.165, 1.54) is 4.57 Å². The Morgan fingerprint density at radius 1 is 0.964 bits per heavy atom. The molecule has 0 aliphatic rings. The molecule has 0 aliphatic carbocycles. The monoisotopic (exact) mass is 370 g/mol. The van der Waals surface area contributed by atoms with Crippen LogP contribution in [0.25, 0.3) is 22.2 Å². The van der Waals surface area contributed by atoms with Gasteiger partial charge in [0, 0.05) is 29.9 Å². The third-order valence-electron chi connectivity index (χ3n) is 4.45. The smallest absolute Gasteiger partial charge is 0.349 e. The van der Waals surface area contributed by atoms with Crippen LogP contribution < -0.4 is 11.0 Å². The van der Waals surface area contributed by atoms with Gasteiger partial charge in [-0.1, -0.05) is 54.6 Å². The predicted molar refractivity (Wildman–Crippen MR) is 108 cm³/mol. The van der Waals surface area contributed by atoms with Crippen LogP contribution in [0, 0.1) is 0 Å². The summed E-state index contributed by atoms with van der Waals surface area (Å²) in [6, 6.07) is 20.7. The average Bonchev–Trinajstić information content (AvgIpc) is 2.75. The molecular formula is C22H18N4O2. The zero-order valence-corrected chi connectivity index (χ0v) is 15.1. The summed E-state index contributed by atoms with van der Waals surface area (Å²) >= 11 is 0. The van der Waals surface area contributed by atoms with Crippen molar-refractivity contribution in [1.82, 2.24) is 19.9 Å². The minimum Gasteiger partial charge on any atom is -0.350 e. The maximum absolute atomic E-state index is 12.7. The van der Waals surface area contributed by atoms with E-state index in [1.54, 1.807) is 12.4 Å². The average molecular weight is 370 g/mol. The lowest BCUT2D eigenvalue weighted by atomic mass is 10.1. The van der Waals surface area contributed by atoms with E-state index in [0.717, 1.165) is 16.5 Å². The maximum atomic E-state index is 12.7. The number of hydrogen-bond donors (Lipinski definition) is 1. The van der Waals surface area contributed by atoms with Gasteiger partial charge in [0.25, 0.3) is 0 Å². The summed E-state index contributed by atoms with van der Waals surface area (Å²) in [5.41, 5.74) is 2.61. The van der Waals surface area contributed by atoms with E-state index in [1.807, 2.05) is 66.7 Å². The summed E-state index contributed by atoms with van der Waals surface area (Å²) < 4.78 is 1.40. The van der Waals surface area contributed by atoms with Gasteiger partial charge in [-0.2, -0.15) is 4.98 Å². The number of carbonyl (C=O) groups is 1. The Labute approximate surface area is 161 Å². The fourth-order valence-electron chi connectivity index (χ4n) is 3.10. The van der Waals surface area contributed by atoms with Crippen molar-refractivity contribution in [3.8, 4) is 11.3 Å². The minimum absolute atomic E-state index is 0.0956. The van der Waals surface area contributed by atoms with Crippen molar-refractivity contribution in [2.75, 3.05) is 0 Å². The highest BCUT2D eigenvalue weighted by molar-refractivity contribution is 5.93. The lowest BCUT2D eigenvalue weighted by molar-refractivity contribution is -0.121. The number of hydrogen-bond acceptors (Lipinski definition) is 4. The molecule has 0 atom stereocenters. The number of carbonyl (C=O) groups excluding carboxylic acids is 1. The first-order chi connectivity index (χ1) is 13.7. The van der Waals surface area contributed by atoms with Crippen LogP contribution in [0.1, 0.15) is 5.56 Å². The molecule has 0 unspecified atom stereocenters. The van der Waals surface area contributed by atoms with E-state index < -0.39 is 5.69 Å². The molecule has 6 nitrogen and oxygen atoms in total. The highest BCUT2D eigenvalue weighted by atomic mass is 16.2. The number of pyridine rings is 1. The molecule has 2 aromatic carbocycles. The first-order valence-corrected chi connectivity index (χ1v) is 8.93. The van der Waals surface area contributed by atoms with Crippen molar-refractivity contribution >= 4 is 16.8 Å². The van der Waals surface area contributed by atoms with E-state index >= 15 is 0 Å². The lowest BCUT2D eigenvalue weighted by Gasteiger charge is -2.13. The van der Waals surface area contributed by atoms with E-state index in [2.05, 4.69) is 15.3 Å². The Morgan fingerprint density at radius 3 is 2.54 bits per heavy atom. The second kappa shape index (κ2) is 7.84. The zero-order valence-electron chi connectivity index (χ0n) is 15.1. The fraction of sp³-hybridized carbons (Fsp3) is 0.0909. The number of aromatic nitrogens is 3. The van der Waals surface area contributed by atoms with Crippen LogP contribution >= 0.6 is 0 Å². The molecule has 28 heavy (non-hydrogen) atoms. The number of amides is 1. The first kappa shape index (κ1) is 17.6. The van der Waals surface area contributed by atoms with Gasteiger partial charge < -0.3 is 5.32 Å². The lowest BCUT2D eigenvalue weighted by Crippen LogP contribution is -2.33. The zero-order chi connectivity index (χ0) is 19.3. The number of benzene rings is 2. The standard InChI is InChI=1S/C22H18N4O2/c27-20(24-14-16-7-6-12-23-13-16)15-26-19-11-5-4-10-18(19)21(25-22(26)28)17-8-2-1-3-9-17/h1-13H,14-15H2,(H,24,27). The Kier molecular flexibility index (Phi) is 4.93. The van der Waals surface area contributed by atoms with Crippen molar-refractivity contribution in [1.29, 1.82) is 0 Å². The van der Waals surface area contributed by atoms with E-state index in [9.17, 15) is 9.59 Å². The molecule has 0 bridgehead atoms. The molecule has 1 amide bonds. The molecule has 0 aliphatic heterocycles. The molecule has 1 N–H and O–H groups in total. The molecule has 6 heteroatoms. The maximum Gasteiger partial charge on any atom is 0.349 e. The summed E-state index contributed by atoms with van der Waals surface area (Å²) in [5.74, 6) is -0.259. The number of para-hydroxylation sites is 1. The van der Waals surface area contributed by atoms with Gasteiger partial charge in [0.05, 0.1) is 11.2 Å². The molecule has 2 aromatic heterocycles. The second-order valence-electron chi connectivity index (χ2n) is 6.35. The summed E-state index contributed by atoms with van der Waals surface area (Å²) in [4.78, 5) is 33.4. The van der Waals surface area contributed by atoms with Crippen LogP contribution in [0.4, 0.5) is 0 Å². The SMILES string of the molecule is O=C(Cn1c(=O)nc(-c2ccccc2)c2ccccc21)NCc1cccnc1. The van der Waals surface area contributed by atoms with Gasteiger partial charge in [0.15, 0.2) is 0 Å². The van der Waals surface area contributed by atoms with Crippen molar-refractivity contribution < 1.29 is 4.79 Å². The summed E-state index contributed by atoms with van der Waals surface area (Å²) in [7, 11) is 0. The second-order valence-corrected chi connectivity index (χ2v) is 6.35. The van der Waals surface area contributed by atoms with Crippen LogP contribution in [0.2, 0.25) is 0 Å². The van der Waals surface area contributed by atoms with E-state index in [4.69, 9.17) is 0 Å². The summed E-state index contributed by atoms with van der Waals surface area (Å²) in [5, 5.41) is 3.65. The first-order valence-electron chi connectivity index (χ1n) is 8.93. The third kappa shape index (κ3) is 3.66. The molecule has 0 saturated carbocycles. The predicted octanol–water partition coefficient (Wildman–Crippen LogP) is 2.77.